The highest BCUT2D eigenvalue weighted by atomic mass is 19.1. The molecule has 2 N–H and O–H groups in total. The Bertz CT molecular complexity index is 747. The lowest BCUT2D eigenvalue weighted by atomic mass is 10.1. The highest BCUT2D eigenvalue weighted by Gasteiger charge is 2.07. The summed E-state index contributed by atoms with van der Waals surface area (Å²) >= 11 is 0. The van der Waals surface area contributed by atoms with Crippen molar-refractivity contribution in [2.45, 2.75) is 6.92 Å². The zero-order valence-corrected chi connectivity index (χ0v) is 10.9. The molecule has 0 unspecified atom stereocenters. The summed E-state index contributed by atoms with van der Waals surface area (Å²) in [7, 11) is 0. The molecule has 100 valence electrons. The molecule has 0 saturated carbocycles. The Morgan fingerprint density at radius 1 is 1.10 bits per heavy atom. The van der Waals surface area contributed by atoms with Crippen LogP contribution in [0.15, 0.2) is 48.8 Å². The van der Waals surface area contributed by atoms with E-state index in [0.717, 1.165) is 22.5 Å². The Labute approximate surface area is 115 Å². The molecule has 3 rings (SSSR count). The first-order chi connectivity index (χ1) is 9.63. The Morgan fingerprint density at radius 2 is 1.85 bits per heavy atom. The number of nitrogens with two attached hydrogens (primary N) is 1. The Balaban J connectivity index is 1.97. The minimum absolute atomic E-state index is 0.275. The van der Waals surface area contributed by atoms with Gasteiger partial charge in [0.25, 0.3) is 0 Å². The van der Waals surface area contributed by atoms with E-state index in [2.05, 4.69) is 10.1 Å². The third-order valence-electron chi connectivity index (χ3n) is 3.11. The maximum absolute atomic E-state index is 12.9. The van der Waals surface area contributed by atoms with Crippen molar-refractivity contribution in [3.05, 3.63) is 60.2 Å². The standard InChI is InChI=1S/C15H13FN4/c1-10-8-11(2-7-14(10)17)15-18-9-20(19-15)13-5-3-12(16)4-6-13/h2-9H,17H2,1H3. The molecule has 1 aromatic heterocycles. The minimum Gasteiger partial charge on any atom is -0.399 e. The van der Waals surface area contributed by atoms with Crippen LogP contribution >= 0.6 is 0 Å². The Morgan fingerprint density at radius 3 is 2.55 bits per heavy atom. The van der Waals surface area contributed by atoms with E-state index >= 15 is 0 Å². The van der Waals surface area contributed by atoms with Gasteiger partial charge in [-0.25, -0.2) is 14.1 Å². The van der Waals surface area contributed by atoms with E-state index in [0.29, 0.717) is 5.82 Å². The monoisotopic (exact) mass is 268 g/mol. The van der Waals surface area contributed by atoms with Gasteiger partial charge in [-0.2, -0.15) is 0 Å². The molecule has 1 heterocycles. The van der Waals surface area contributed by atoms with E-state index in [4.69, 9.17) is 5.73 Å². The fraction of sp³-hybridized carbons (Fsp3) is 0.0667. The molecule has 0 aliphatic heterocycles. The van der Waals surface area contributed by atoms with Gasteiger partial charge in [0, 0.05) is 11.3 Å². The number of nitrogens with zero attached hydrogens (tertiary/aromatic N) is 3. The molecule has 3 aromatic rings. The largest absolute Gasteiger partial charge is 0.399 e. The van der Waals surface area contributed by atoms with Crippen molar-refractivity contribution in [2.75, 3.05) is 5.73 Å². The molecule has 0 spiro atoms. The average Bonchev–Trinajstić information content (AvgIpc) is 2.92. The first kappa shape index (κ1) is 12.3. The van der Waals surface area contributed by atoms with Crippen molar-refractivity contribution in [1.29, 1.82) is 0 Å². The molecule has 5 heteroatoms. The average molecular weight is 268 g/mol. The summed E-state index contributed by atoms with van der Waals surface area (Å²) in [6, 6.07) is 11.8. The van der Waals surface area contributed by atoms with Crippen LogP contribution in [-0.4, -0.2) is 14.8 Å². The zero-order valence-electron chi connectivity index (χ0n) is 10.9. The highest BCUT2D eigenvalue weighted by molar-refractivity contribution is 5.61. The summed E-state index contributed by atoms with van der Waals surface area (Å²) in [4.78, 5) is 4.27. The lowest BCUT2D eigenvalue weighted by molar-refractivity contribution is 0.627. The van der Waals surface area contributed by atoms with E-state index in [1.54, 1.807) is 23.1 Å². The number of hydrogen-bond acceptors (Lipinski definition) is 3. The first-order valence-corrected chi connectivity index (χ1v) is 6.17. The molecule has 0 atom stereocenters. The Kier molecular flexibility index (Phi) is 2.95. The summed E-state index contributed by atoms with van der Waals surface area (Å²) in [5.41, 5.74) is 9.19. The Hall–Kier alpha value is -2.69. The number of aryl methyl sites for hydroxylation is 1. The number of halogens is 1. The van der Waals surface area contributed by atoms with Gasteiger partial charge in [0.15, 0.2) is 5.82 Å². The predicted octanol–water partition coefficient (Wildman–Crippen LogP) is 2.96. The third kappa shape index (κ3) is 2.25. The second kappa shape index (κ2) is 4.77. The van der Waals surface area contributed by atoms with Crippen molar-refractivity contribution in [2.24, 2.45) is 0 Å². The van der Waals surface area contributed by atoms with Gasteiger partial charge in [-0.15, -0.1) is 5.10 Å². The fourth-order valence-corrected chi connectivity index (χ4v) is 1.93. The summed E-state index contributed by atoms with van der Waals surface area (Å²) in [5.74, 6) is 0.334. The summed E-state index contributed by atoms with van der Waals surface area (Å²) in [6.45, 7) is 1.94. The quantitative estimate of drug-likeness (QED) is 0.727. The topological polar surface area (TPSA) is 56.7 Å². The van der Waals surface area contributed by atoms with Gasteiger partial charge in [-0.3, -0.25) is 0 Å². The van der Waals surface area contributed by atoms with Crippen LogP contribution in [0.5, 0.6) is 0 Å². The van der Waals surface area contributed by atoms with E-state index < -0.39 is 0 Å². The van der Waals surface area contributed by atoms with Crippen LogP contribution in [0.2, 0.25) is 0 Å². The number of benzene rings is 2. The number of nitrogen functional groups attached to an aromatic ring is 1. The van der Waals surface area contributed by atoms with Crippen LogP contribution in [0.1, 0.15) is 5.56 Å². The molecule has 0 aliphatic carbocycles. The highest BCUT2D eigenvalue weighted by Crippen LogP contribution is 2.20. The number of rotatable bonds is 2. The second-order valence-corrected chi connectivity index (χ2v) is 4.56. The molecule has 4 nitrogen and oxygen atoms in total. The van der Waals surface area contributed by atoms with Crippen LogP contribution in [0, 0.1) is 12.7 Å². The summed E-state index contributed by atoms with van der Waals surface area (Å²) in [6.07, 6.45) is 1.61. The molecule has 0 saturated heterocycles. The van der Waals surface area contributed by atoms with E-state index in [1.165, 1.54) is 12.1 Å². The SMILES string of the molecule is Cc1cc(-c2ncn(-c3ccc(F)cc3)n2)ccc1N. The number of anilines is 1. The van der Waals surface area contributed by atoms with E-state index in [9.17, 15) is 4.39 Å². The maximum Gasteiger partial charge on any atom is 0.181 e. The first-order valence-electron chi connectivity index (χ1n) is 6.17. The summed E-state index contributed by atoms with van der Waals surface area (Å²) in [5, 5.41) is 4.39. The van der Waals surface area contributed by atoms with E-state index in [-0.39, 0.29) is 5.82 Å². The van der Waals surface area contributed by atoms with Gasteiger partial charge < -0.3 is 5.73 Å². The predicted molar refractivity (Wildman–Crippen MR) is 75.9 cm³/mol. The lowest BCUT2D eigenvalue weighted by Gasteiger charge is -2.02. The smallest absolute Gasteiger partial charge is 0.181 e. The maximum atomic E-state index is 12.9. The van der Waals surface area contributed by atoms with Crippen LogP contribution in [-0.2, 0) is 0 Å². The number of aromatic nitrogens is 3. The molecule has 0 aliphatic rings. The molecule has 0 radical (unpaired) electrons. The van der Waals surface area contributed by atoms with Crippen molar-refractivity contribution >= 4 is 5.69 Å². The zero-order chi connectivity index (χ0) is 14.1. The molecular weight excluding hydrogens is 255 g/mol. The molecule has 20 heavy (non-hydrogen) atoms. The fourth-order valence-electron chi connectivity index (χ4n) is 1.93. The molecule has 2 aromatic carbocycles. The van der Waals surface area contributed by atoms with Crippen molar-refractivity contribution in [3.63, 3.8) is 0 Å². The van der Waals surface area contributed by atoms with Crippen molar-refractivity contribution in [1.82, 2.24) is 14.8 Å². The minimum atomic E-state index is -0.275. The van der Waals surface area contributed by atoms with Crippen LogP contribution in [0.4, 0.5) is 10.1 Å². The van der Waals surface area contributed by atoms with Crippen molar-refractivity contribution < 1.29 is 4.39 Å². The van der Waals surface area contributed by atoms with Gasteiger partial charge in [0.1, 0.15) is 12.1 Å². The van der Waals surface area contributed by atoms with Gasteiger partial charge in [-0.05, 0) is 55.0 Å². The number of hydrogen-bond donors (Lipinski definition) is 1. The molecule has 0 fully saturated rings. The van der Waals surface area contributed by atoms with Crippen molar-refractivity contribution in [3.8, 4) is 17.1 Å². The van der Waals surface area contributed by atoms with Crippen LogP contribution in [0.25, 0.3) is 17.1 Å². The lowest BCUT2D eigenvalue weighted by Crippen LogP contribution is -1.95. The van der Waals surface area contributed by atoms with Gasteiger partial charge >= 0.3 is 0 Å². The van der Waals surface area contributed by atoms with Gasteiger partial charge in [0.2, 0.25) is 0 Å². The van der Waals surface area contributed by atoms with Crippen LogP contribution in [0.3, 0.4) is 0 Å². The van der Waals surface area contributed by atoms with Gasteiger partial charge in [-0.1, -0.05) is 0 Å². The van der Waals surface area contributed by atoms with E-state index in [1.807, 2.05) is 25.1 Å². The normalized spacial score (nSPS) is 10.7. The third-order valence-corrected chi connectivity index (χ3v) is 3.11. The molecule has 0 bridgehead atoms. The summed E-state index contributed by atoms with van der Waals surface area (Å²) < 4.78 is 14.5. The van der Waals surface area contributed by atoms with Gasteiger partial charge in [0.05, 0.1) is 5.69 Å². The molecular formula is C15H13FN4. The second-order valence-electron chi connectivity index (χ2n) is 4.56. The molecule has 0 amide bonds. The van der Waals surface area contributed by atoms with Crippen LogP contribution < -0.4 is 5.73 Å².